The maximum Gasteiger partial charge on any atom is 0.345 e. The monoisotopic (exact) mass is 557 g/mol. The molecule has 0 spiro atoms. The van der Waals surface area contributed by atoms with Crippen molar-refractivity contribution in [2.24, 2.45) is 5.10 Å². The van der Waals surface area contributed by atoms with E-state index in [1.165, 1.54) is 11.3 Å². The molecule has 4 aromatic rings. The fraction of sp³-hybridized carbons (Fsp3) is 0.0455. The predicted molar refractivity (Wildman–Crippen MR) is 131 cm³/mol. The maximum atomic E-state index is 12.5. The van der Waals surface area contributed by atoms with Gasteiger partial charge in [0.1, 0.15) is 12.4 Å². The first kappa shape index (κ1) is 21.3. The first-order valence-electron chi connectivity index (χ1n) is 8.87. The van der Waals surface area contributed by atoms with Crippen molar-refractivity contribution in [2.45, 2.75) is 0 Å². The lowest BCUT2D eigenvalue weighted by atomic mass is 10.1. The second-order valence-corrected chi connectivity index (χ2v) is 8.85. The molecule has 0 bridgehead atoms. The minimum absolute atomic E-state index is 0.228. The summed E-state index contributed by atoms with van der Waals surface area (Å²) in [6.45, 7) is 0.228. The van der Waals surface area contributed by atoms with E-state index in [-0.39, 0.29) is 6.61 Å². The predicted octanol–water partition coefficient (Wildman–Crippen LogP) is 5.90. The lowest BCUT2D eigenvalue weighted by Crippen LogP contribution is -2.03. The molecule has 0 fully saturated rings. The van der Waals surface area contributed by atoms with Crippen LogP contribution in [0.15, 0.2) is 71.1 Å². The largest absolute Gasteiger partial charge is 0.481 e. The second kappa shape index (κ2) is 9.47. The van der Waals surface area contributed by atoms with E-state index in [2.05, 4.69) is 53.3 Å². The van der Waals surface area contributed by atoms with Crippen LogP contribution in [0.5, 0.6) is 5.75 Å². The highest BCUT2D eigenvalue weighted by molar-refractivity contribution is 9.11. The zero-order valence-electron chi connectivity index (χ0n) is 15.8. The van der Waals surface area contributed by atoms with E-state index < -0.39 is 5.63 Å². The Bertz CT molecular complexity index is 1370. The summed E-state index contributed by atoms with van der Waals surface area (Å²) in [4.78, 5) is 16.9. The van der Waals surface area contributed by atoms with Gasteiger partial charge < -0.3 is 9.15 Å². The summed E-state index contributed by atoms with van der Waals surface area (Å²) in [7, 11) is 0. The van der Waals surface area contributed by atoms with E-state index in [9.17, 15) is 4.79 Å². The molecule has 0 radical (unpaired) electrons. The van der Waals surface area contributed by atoms with E-state index in [0.717, 1.165) is 15.4 Å². The van der Waals surface area contributed by atoms with Gasteiger partial charge in [0.15, 0.2) is 5.58 Å². The summed E-state index contributed by atoms with van der Waals surface area (Å²) >= 11 is 8.20. The van der Waals surface area contributed by atoms with E-state index in [1.54, 1.807) is 17.7 Å². The zero-order valence-corrected chi connectivity index (χ0v) is 19.8. The van der Waals surface area contributed by atoms with Crippen LogP contribution in [0.3, 0.4) is 0 Å². The number of terminal acetylenes is 1. The number of hydrogen-bond acceptors (Lipinski definition) is 7. The van der Waals surface area contributed by atoms with Crippen molar-refractivity contribution in [2.75, 3.05) is 12.0 Å². The summed E-state index contributed by atoms with van der Waals surface area (Å²) in [6.07, 6.45) is 6.83. The third-order valence-corrected chi connectivity index (χ3v) is 5.90. The Balaban J connectivity index is 1.50. The Labute approximate surface area is 198 Å². The summed E-state index contributed by atoms with van der Waals surface area (Å²) in [5.74, 6) is 3.12. The molecule has 0 aliphatic heterocycles. The fourth-order valence-electron chi connectivity index (χ4n) is 2.72. The van der Waals surface area contributed by atoms with Gasteiger partial charge in [-0.15, -0.1) is 17.8 Å². The molecule has 0 amide bonds. The minimum atomic E-state index is -0.456. The molecule has 2 aromatic carbocycles. The molecule has 2 aromatic heterocycles. The summed E-state index contributed by atoms with van der Waals surface area (Å²) in [5.41, 5.74) is 4.69. The van der Waals surface area contributed by atoms with E-state index in [0.29, 0.717) is 32.2 Å². The first-order chi connectivity index (χ1) is 15.0. The van der Waals surface area contributed by atoms with Crippen LogP contribution in [-0.2, 0) is 0 Å². The van der Waals surface area contributed by atoms with Gasteiger partial charge in [0.05, 0.1) is 21.9 Å². The molecule has 1 N–H and O–H groups in total. The van der Waals surface area contributed by atoms with Gasteiger partial charge >= 0.3 is 5.63 Å². The molecule has 9 heteroatoms. The molecule has 0 atom stereocenters. The van der Waals surface area contributed by atoms with Crippen molar-refractivity contribution in [3.05, 3.63) is 72.8 Å². The van der Waals surface area contributed by atoms with Crippen molar-refractivity contribution in [1.82, 2.24) is 4.98 Å². The highest BCUT2D eigenvalue weighted by Gasteiger charge is 2.13. The number of halogens is 2. The number of fused-ring (bicyclic) bond motifs is 1. The van der Waals surface area contributed by atoms with Gasteiger partial charge in [0.25, 0.3) is 0 Å². The maximum absolute atomic E-state index is 12.5. The molecule has 0 saturated carbocycles. The lowest BCUT2D eigenvalue weighted by Gasteiger charge is -2.03. The average molecular weight is 559 g/mol. The van der Waals surface area contributed by atoms with Gasteiger partial charge in [-0.3, -0.25) is 5.43 Å². The van der Waals surface area contributed by atoms with Gasteiger partial charge in [-0.05, 0) is 64.0 Å². The molecular formula is C22H13Br2N3O3S. The lowest BCUT2D eigenvalue weighted by molar-refractivity contribution is 0.370. The number of ether oxygens (including phenoxy) is 1. The molecule has 4 rings (SSSR count). The molecule has 31 heavy (non-hydrogen) atoms. The van der Waals surface area contributed by atoms with Crippen molar-refractivity contribution < 1.29 is 9.15 Å². The van der Waals surface area contributed by atoms with Crippen LogP contribution >= 0.6 is 43.2 Å². The fourth-order valence-corrected chi connectivity index (χ4v) is 4.72. The Kier molecular flexibility index (Phi) is 6.51. The number of anilines is 1. The number of aromatic nitrogens is 1. The smallest absolute Gasteiger partial charge is 0.345 e. The van der Waals surface area contributed by atoms with Crippen LogP contribution in [0.25, 0.3) is 22.2 Å². The quantitative estimate of drug-likeness (QED) is 0.138. The highest BCUT2D eigenvalue weighted by Crippen LogP contribution is 2.31. The Morgan fingerprint density at radius 3 is 2.84 bits per heavy atom. The second-order valence-electron chi connectivity index (χ2n) is 6.22. The van der Waals surface area contributed by atoms with E-state index >= 15 is 0 Å². The van der Waals surface area contributed by atoms with Gasteiger partial charge in [-0.1, -0.05) is 21.9 Å². The summed E-state index contributed by atoms with van der Waals surface area (Å²) in [5, 5.41) is 7.30. The average Bonchev–Trinajstić information content (AvgIpc) is 3.22. The van der Waals surface area contributed by atoms with Crippen molar-refractivity contribution in [1.29, 1.82) is 0 Å². The van der Waals surface area contributed by atoms with Crippen LogP contribution < -0.4 is 15.8 Å². The molecule has 0 unspecified atom stereocenters. The SMILES string of the molecule is C#CCOc1ccc(/C=N/Nc2nc(-c3cc4cc(Br)cc(Br)c4oc3=O)cs2)cc1. The first-order valence-corrected chi connectivity index (χ1v) is 11.3. The number of benzene rings is 2. The highest BCUT2D eigenvalue weighted by atomic mass is 79.9. The Morgan fingerprint density at radius 2 is 2.06 bits per heavy atom. The normalized spacial score (nSPS) is 11.0. The standard InChI is InChI=1S/C22H13Br2N3O3S/c1-2-7-29-16-5-3-13(4-6-16)11-25-27-22-26-19(12-31-22)17-9-14-8-15(23)10-18(24)20(14)30-21(17)28/h1,3-6,8-12H,7H2,(H,26,27)/b25-11+. The minimum Gasteiger partial charge on any atom is -0.481 e. The third-order valence-electron chi connectivity index (χ3n) is 4.11. The van der Waals surface area contributed by atoms with Gasteiger partial charge in [0, 0.05) is 15.2 Å². The molecule has 2 heterocycles. The Hall–Kier alpha value is -2.93. The van der Waals surface area contributed by atoms with Gasteiger partial charge in [-0.25, -0.2) is 9.78 Å². The zero-order chi connectivity index (χ0) is 21.8. The molecule has 6 nitrogen and oxygen atoms in total. The number of hydrazone groups is 1. The molecule has 0 aliphatic carbocycles. The van der Waals surface area contributed by atoms with Crippen LogP contribution in [0, 0.1) is 12.3 Å². The third kappa shape index (κ3) is 5.05. The molecular weight excluding hydrogens is 546 g/mol. The van der Waals surface area contributed by atoms with E-state index in [1.807, 2.05) is 36.4 Å². The Morgan fingerprint density at radius 1 is 1.26 bits per heavy atom. The van der Waals surface area contributed by atoms with Gasteiger partial charge in [0.2, 0.25) is 5.13 Å². The van der Waals surface area contributed by atoms with E-state index in [4.69, 9.17) is 15.6 Å². The molecule has 154 valence electrons. The van der Waals surface area contributed by atoms with Crippen molar-refractivity contribution in [3.8, 4) is 29.4 Å². The topological polar surface area (TPSA) is 76.7 Å². The van der Waals surface area contributed by atoms with Crippen LogP contribution in [0.1, 0.15) is 5.56 Å². The van der Waals surface area contributed by atoms with Crippen molar-refractivity contribution >= 4 is 65.5 Å². The summed E-state index contributed by atoms with van der Waals surface area (Å²) < 4.78 is 12.4. The van der Waals surface area contributed by atoms with Crippen LogP contribution in [0.4, 0.5) is 5.13 Å². The van der Waals surface area contributed by atoms with Crippen molar-refractivity contribution in [3.63, 3.8) is 0 Å². The number of nitrogens with one attached hydrogen (secondary N) is 1. The number of thiazole rings is 1. The summed E-state index contributed by atoms with van der Waals surface area (Å²) in [6, 6.07) is 12.8. The molecule has 0 saturated heterocycles. The number of nitrogens with zero attached hydrogens (tertiary/aromatic N) is 2. The number of hydrogen-bond donors (Lipinski definition) is 1. The molecule has 0 aliphatic rings. The van der Waals surface area contributed by atoms with Gasteiger partial charge in [-0.2, -0.15) is 5.10 Å². The van der Waals surface area contributed by atoms with Crippen LogP contribution in [-0.4, -0.2) is 17.8 Å². The number of rotatable bonds is 6. The van der Waals surface area contributed by atoms with Crippen LogP contribution in [0.2, 0.25) is 0 Å².